The molecule has 2 heteroatoms. The summed E-state index contributed by atoms with van der Waals surface area (Å²) in [4.78, 5) is 0. The molecule has 2 aliphatic rings. The summed E-state index contributed by atoms with van der Waals surface area (Å²) in [7, 11) is 0. The zero-order valence-corrected chi connectivity index (χ0v) is 15.4. The molecule has 0 amide bonds. The largest absolute Gasteiger partial charge is 0.398 e. The van der Waals surface area contributed by atoms with Crippen LogP contribution >= 0.6 is 0 Å². The highest BCUT2D eigenvalue weighted by Crippen LogP contribution is 2.48. The number of fused-ring (bicyclic) bond motifs is 6. The molecule has 0 saturated carbocycles. The molecule has 2 nitrogen and oxygen atoms in total. The minimum atomic E-state index is 0.156. The predicted molar refractivity (Wildman–Crippen MR) is 116 cm³/mol. The number of rotatable bonds is 2. The molecular weight excluding hydrogens is 340 g/mol. The number of nitrogens with one attached hydrogen (secondary N) is 1. The van der Waals surface area contributed by atoms with E-state index in [2.05, 4.69) is 84.2 Å². The van der Waals surface area contributed by atoms with Gasteiger partial charge in [0, 0.05) is 23.4 Å². The van der Waals surface area contributed by atoms with Gasteiger partial charge in [0.25, 0.3) is 0 Å². The second kappa shape index (κ2) is 5.74. The Morgan fingerprint density at radius 1 is 0.679 bits per heavy atom. The van der Waals surface area contributed by atoms with E-state index in [1.807, 2.05) is 6.07 Å². The Kier molecular flexibility index (Phi) is 3.18. The van der Waals surface area contributed by atoms with Gasteiger partial charge >= 0.3 is 0 Å². The maximum absolute atomic E-state index is 6.39. The van der Waals surface area contributed by atoms with Crippen molar-refractivity contribution in [2.75, 3.05) is 11.1 Å². The molecule has 0 atom stereocenters. The Labute approximate surface area is 164 Å². The smallest absolute Gasteiger partial charge is 0.0779 e. The van der Waals surface area contributed by atoms with Crippen LogP contribution in [-0.2, 0) is 6.42 Å². The molecule has 0 spiro atoms. The molecule has 6 rings (SSSR count). The molecule has 134 valence electrons. The molecule has 4 aromatic rings. The van der Waals surface area contributed by atoms with E-state index in [1.54, 1.807) is 0 Å². The Balaban J connectivity index is 1.49. The molecule has 0 aromatic heterocycles. The number of anilines is 2. The van der Waals surface area contributed by atoms with E-state index in [0.717, 1.165) is 12.1 Å². The lowest BCUT2D eigenvalue weighted by Crippen LogP contribution is -2.11. The van der Waals surface area contributed by atoms with E-state index < -0.39 is 0 Å². The van der Waals surface area contributed by atoms with Gasteiger partial charge in [-0.3, -0.25) is 0 Å². The van der Waals surface area contributed by atoms with E-state index in [9.17, 15) is 0 Å². The summed E-state index contributed by atoms with van der Waals surface area (Å²) in [5.74, 6) is 0. The van der Waals surface area contributed by atoms with Crippen molar-refractivity contribution in [1.29, 1.82) is 0 Å². The minimum Gasteiger partial charge on any atom is -0.398 e. The predicted octanol–water partition coefficient (Wildman–Crippen LogP) is 6.02. The Bertz CT molecular complexity index is 1190. The molecular formula is C26H20N2. The average molecular weight is 360 g/mol. The van der Waals surface area contributed by atoms with Gasteiger partial charge in [-0.1, -0.05) is 72.8 Å². The number of nitrogens with two attached hydrogens (primary N) is 1. The summed E-state index contributed by atoms with van der Waals surface area (Å²) in [5.41, 5.74) is 18.9. The van der Waals surface area contributed by atoms with Crippen LogP contribution in [0.25, 0.3) is 22.3 Å². The first kappa shape index (κ1) is 15.5. The van der Waals surface area contributed by atoms with Crippen LogP contribution in [0.5, 0.6) is 0 Å². The van der Waals surface area contributed by atoms with Crippen molar-refractivity contribution in [3.05, 3.63) is 107 Å². The summed E-state index contributed by atoms with van der Waals surface area (Å²) in [5, 5.41) is 3.86. The van der Waals surface area contributed by atoms with Crippen molar-refractivity contribution in [2.45, 2.75) is 12.5 Å². The fourth-order valence-corrected chi connectivity index (χ4v) is 4.88. The van der Waals surface area contributed by atoms with E-state index in [1.165, 1.54) is 50.2 Å². The monoisotopic (exact) mass is 360 g/mol. The van der Waals surface area contributed by atoms with Crippen molar-refractivity contribution in [3.63, 3.8) is 0 Å². The molecule has 0 aliphatic heterocycles. The molecule has 0 saturated heterocycles. The van der Waals surface area contributed by atoms with Gasteiger partial charge in [-0.15, -0.1) is 0 Å². The zero-order valence-electron chi connectivity index (χ0n) is 15.4. The Morgan fingerprint density at radius 2 is 1.29 bits per heavy atom. The fraction of sp³-hybridized carbons (Fsp3) is 0.0769. The third kappa shape index (κ3) is 2.09. The molecule has 2 aliphatic carbocycles. The SMILES string of the molecule is Nc1ccc(NC2c3ccccc3-c3ccccc32)c2c1-c1ccccc1C2. The van der Waals surface area contributed by atoms with Crippen LogP contribution in [0.2, 0.25) is 0 Å². The minimum absolute atomic E-state index is 0.156. The van der Waals surface area contributed by atoms with Gasteiger partial charge in [-0.05, 0) is 51.1 Å². The Morgan fingerprint density at radius 3 is 2.00 bits per heavy atom. The summed E-state index contributed by atoms with van der Waals surface area (Å²) in [6, 6.07) is 30.3. The number of hydrogen-bond donors (Lipinski definition) is 2. The molecule has 28 heavy (non-hydrogen) atoms. The third-order valence-electron chi connectivity index (χ3n) is 6.13. The van der Waals surface area contributed by atoms with Crippen LogP contribution in [0.15, 0.2) is 84.9 Å². The summed E-state index contributed by atoms with van der Waals surface area (Å²) >= 11 is 0. The maximum atomic E-state index is 6.39. The number of hydrogen-bond acceptors (Lipinski definition) is 2. The quantitative estimate of drug-likeness (QED) is 0.378. The lowest BCUT2D eigenvalue weighted by molar-refractivity contribution is 0.968. The van der Waals surface area contributed by atoms with E-state index >= 15 is 0 Å². The van der Waals surface area contributed by atoms with Gasteiger partial charge < -0.3 is 11.1 Å². The van der Waals surface area contributed by atoms with Crippen molar-refractivity contribution in [3.8, 4) is 22.3 Å². The molecule has 4 aromatic carbocycles. The van der Waals surface area contributed by atoms with Gasteiger partial charge in [0.15, 0.2) is 0 Å². The van der Waals surface area contributed by atoms with Gasteiger partial charge in [0.2, 0.25) is 0 Å². The Hall–Kier alpha value is -3.52. The maximum Gasteiger partial charge on any atom is 0.0779 e. The second-order valence-corrected chi connectivity index (χ2v) is 7.64. The second-order valence-electron chi connectivity index (χ2n) is 7.64. The van der Waals surface area contributed by atoms with Gasteiger partial charge in [0.05, 0.1) is 6.04 Å². The summed E-state index contributed by atoms with van der Waals surface area (Å²) in [6.07, 6.45) is 0.925. The zero-order chi connectivity index (χ0) is 18.7. The normalized spacial score (nSPS) is 13.6. The van der Waals surface area contributed by atoms with E-state index in [0.29, 0.717) is 0 Å². The fourth-order valence-electron chi connectivity index (χ4n) is 4.88. The topological polar surface area (TPSA) is 38.0 Å². The summed E-state index contributed by atoms with van der Waals surface area (Å²) in [6.45, 7) is 0. The van der Waals surface area contributed by atoms with Crippen molar-refractivity contribution >= 4 is 11.4 Å². The number of nitrogen functional groups attached to an aromatic ring is 1. The van der Waals surface area contributed by atoms with Crippen LogP contribution < -0.4 is 11.1 Å². The van der Waals surface area contributed by atoms with Crippen LogP contribution in [0.1, 0.15) is 28.3 Å². The summed E-state index contributed by atoms with van der Waals surface area (Å²) < 4.78 is 0. The standard InChI is InChI=1S/C26H20N2/c27-23-13-14-24(22-15-16-7-1-2-8-17(16)25(22)23)28-26-20-11-5-3-9-18(20)19-10-4-6-12-21(19)26/h1-14,26,28H,15,27H2. The number of benzene rings is 4. The van der Waals surface area contributed by atoms with E-state index in [4.69, 9.17) is 5.73 Å². The van der Waals surface area contributed by atoms with Crippen molar-refractivity contribution < 1.29 is 0 Å². The van der Waals surface area contributed by atoms with Crippen LogP contribution in [0.4, 0.5) is 11.4 Å². The molecule has 0 fully saturated rings. The van der Waals surface area contributed by atoms with Gasteiger partial charge in [0.1, 0.15) is 0 Å². The molecule has 0 unspecified atom stereocenters. The highest BCUT2D eigenvalue weighted by atomic mass is 14.9. The van der Waals surface area contributed by atoms with E-state index in [-0.39, 0.29) is 6.04 Å². The highest BCUT2D eigenvalue weighted by molar-refractivity contribution is 5.90. The third-order valence-corrected chi connectivity index (χ3v) is 6.13. The van der Waals surface area contributed by atoms with Crippen molar-refractivity contribution in [1.82, 2.24) is 0 Å². The first-order chi connectivity index (χ1) is 13.8. The van der Waals surface area contributed by atoms with Crippen LogP contribution in [-0.4, -0.2) is 0 Å². The van der Waals surface area contributed by atoms with Crippen LogP contribution in [0.3, 0.4) is 0 Å². The average Bonchev–Trinajstić information content (AvgIpc) is 3.28. The first-order valence-corrected chi connectivity index (χ1v) is 9.75. The molecule has 0 radical (unpaired) electrons. The first-order valence-electron chi connectivity index (χ1n) is 9.75. The highest BCUT2D eigenvalue weighted by Gasteiger charge is 2.30. The van der Waals surface area contributed by atoms with Gasteiger partial charge in [-0.2, -0.15) is 0 Å². The molecule has 0 bridgehead atoms. The lowest BCUT2D eigenvalue weighted by atomic mass is 10.0. The van der Waals surface area contributed by atoms with Gasteiger partial charge in [-0.25, -0.2) is 0 Å². The lowest BCUT2D eigenvalue weighted by Gasteiger charge is -2.20. The van der Waals surface area contributed by atoms with Crippen molar-refractivity contribution in [2.24, 2.45) is 0 Å². The molecule has 0 heterocycles. The molecule has 3 N–H and O–H groups in total. The van der Waals surface area contributed by atoms with Crippen LogP contribution in [0, 0.1) is 0 Å².